The molecule has 0 aliphatic rings. The van der Waals surface area contributed by atoms with Crippen LogP contribution in [0, 0.1) is 0 Å². The summed E-state index contributed by atoms with van der Waals surface area (Å²) in [5.41, 5.74) is 7.64. The molecule has 170 valence electrons. The highest BCUT2D eigenvalue weighted by Crippen LogP contribution is 2.31. The van der Waals surface area contributed by atoms with E-state index in [1.807, 2.05) is 43.3 Å². The third-order valence-corrected chi connectivity index (χ3v) is 4.25. The Bertz CT molecular complexity index is 1030. The Balaban J connectivity index is 0.00000363. The number of methoxy groups -OCH3 is 2. The zero-order chi connectivity index (χ0) is 22.1. The Morgan fingerprint density at radius 3 is 2.38 bits per heavy atom. The first-order valence-corrected chi connectivity index (χ1v) is 9.76. The highest BCUT2D eigenvalue weighted by molar-refractivity contribution is 14.0. The number of aromatic nitrogens is 1. The normalized spacial score (nSPS) is 10.7. The molecule has 1 aromatic heterocycles. The lowest BCUT2D eigenvalue weighted by Crippen LogP contribution is -2.22. The number of rotatable bonds is 9. The number of nitrogens with zero attached hydrogens (tertiary/aromatic N) is 2. The SMILES string of the molecule is CCOc1ccccc1Oc1ccc(CN=C(N)Nc2ccc(OC)c(OC)c2)cn1.I. The largest absolute Gasteiger partial charge is 0.493 e. The third kappa shape index (κ3) is 6.91. The van der Waals surface area contributed by atoms with Gasteiger partial charge in [0.05, 0.1) is 27.4 Å². The number of halogens is 1. The lowest BCUT2D eigenvalue weighted by atomic mass is 10.2. The van der Waals surface area contributed by atoms with Gasteiger partial charge < -0.3 is 30.0 Å². The van der Waals surface area contributed by atoms with E-state index in [0.29, 0.717) is 42.0 Å². The first kappa shape index (κ1) is 25.1. The average molecular weight is 550 g/mol. The van der Waals surface area contributed by atoms with Gasteiger partial charge in [-0.25, -0.2) is 9.98 Å². The lowest BCUT2D eigenvalue weighted by molar-refractivity contribution is 0.319. The second-order valence-corrected chi connectivity index (χ2v) is 6.38. The molecular formula is C23H27IN4O4. The number of benzene rings is 2. The molecular weight excluding hydrogens is 523 g/mol. The van der Waals surface area contributed by atoms with Crippen molar-refractivity contribution in [1.29, 1.82) is 0 Å². The molecule has 0 saturated heterocycles. The van der Waals surface area contributed by atoms with E-state index in [9.17, 15) is 0 Å². The second kappa shape index (κ2) is 12.6. The van der Waals surface area contributed by atoms with Gasteiger partial charge in [0, 0.05) is 24.0 Å². The third-order valence-electron chi connectivity index (χ3n) is 4.25. The van der Waals surface area contributed by atoms with E-state index in [4.69, 9.17) is 24.7 Å². The Kier molecular flexibility index (Phi) is 9.86. The highest BCUT2D eigenvalue weighted by atomic mass is 127. The van der Waals surface area contributed by atoms with Gasteiger partial charge in [-0.05, 0) is 36.8 Å². The standard InChI is InChI=1S/C23H26N4O4.HI/c1-4-30-19-7-5-6-8-20(19)31-22-12-9-16(14-25-22)15-26-23(24)27-17-10-11-18(28-2)21(13-17)29-3;/h5-14H,4,15H2,1-3H3,(H3,24,26,27);1H. The molecule has 9 heteroatoms. The minimum Gasteiger partial charge on any atom is -0.493 e. The van der Waals surface area contributed by atoms with Crippen molar-refractivity contribution in [2.45, 2.75) is 13.5 Å². The summed E-state index contributed by atoms with van der Waals surface area (Å²) in [4.78, 5) is 8.69. The number of nitrogens with one attached hydrogen (secondary N) is 1. The van der Waals surface area contributed by atoms with Crippen molar-refractivity contribution in [1.82, 2.24) is 4.98 Å². The number of hydrogen-bond donors (Lipinski definition) is 2. The van der Waals surface area contributed by atoms with E-state index in [1.165, 1.54) is 0 Å². The molecule has 0 fully saturated rings. The molecule has 3 aromatic rings. The summed E-state index contributed by atoms with van der Waals surface area (Å²) in [5.74, 6) is 3.28. The molecule has 32 heavy (non-hydrogen) atoms. The summed E-state index contributed by atoms with van der Waals surface area (Å²) in [5, 5.41) is 3.03. The maximum atomic E-state index is 6.00. The molecule has 0 unspecified atom stereocenters. The van der Waals surface area contributed by atoms with E-state index in [-0.39, 0.29) is 29.9 Å². The molecule has 3 N–H and O–H groups in total. The van der Waals surface area contributed by atoms with Gasteiger partial charge in [0.15, 0.2) is 29.0 Å². The summed E-state index contributed by atoms with van der Waals surface area (Å²) in [7, 11) is 3.16. The van der Waals surface area contributed by atoms with Crippen LogP contribution in [-0.4, -0.2) is 31.8 Å². The lowest BCUT2D eigenvalue weighted by Gasteiger charge is -2.11. The van der Waals surface area contributed by atoms with Crippen molar-refractivity contribution in [2.24, 2.45) is 10.7 Å². The zero-order valence-electron chi connectivity index (χ0n) is 18.2. The van der Waals surface area contributed by atoms with Crippen molar-refractivity contribution < 1.29 is 18.9 Å². The predicted molar refractivity (Wildman–Crippen MR) is 136 cm³/mol. The van der Waals surface area contributed by atoms with Gasteiger partial charge in [-0.2, -0.15) is 0 Å². The number of hydrogen-bond acceptors (Lipinski definition) is 6. The fraction of sp³-hybridized carbons (Fsp3) is 0.217. The molecule has 0 spiro atoms. The van der Waals surface area contributed by atoms with E-state index < -0.39 is 0 Å². The molecule has 0 aliphatic carbocycles. The van der Waals surface area contributed by atoms with Gasteiger partial charge >= 0.3 is 0 Å². The van der Waals surface area contributed by atoms with Crippen LogP contribution >= 0.6 is 24.0 Å². The second-order valence-electron chi connectivity index (χ2n) is 6.38. The number of ether oxygens (including phenoxy) is 4. The van der Waals surface area contributed by atoms with Crippen LogP contribution in [0.4, 0.5) is 5.69 Å². The van der Waals surface area contributed by atoms with E-state index in [2.05, 4.69) is 15.3 Å². The molecule has 8 nitrogen and oxygen atoms in total. The summed E-state index contributed by atoms with van der Waals surface area (Å²) >= 11 is 0. The summed E-state index contributed by atoms with van der Waals surface area (Å²) in [6.45, 7) is 2.86. The first-order valence-electron chi connectivity index (χ1n) is 9.76. The van der Waals surface area contributed by atoms with Crippen molar-refractivity contribution in [3.63, 3.8) is 0 Å². The van der Waals surface area contributed by atoms with E-state index >= 15 is 0 Å². The van der Waals surface area contributed by atoms with Gasteiger partial charge in [-0.15, -0.1) is 24.0 Å². The minimum atomic E-state index is 0. The molecule has 0 amide bonds. The predicted octanol–water partition coefficient (Wildman–Crippen LogP) is 4.83. The van der Waals surface area contributed by atoms with Crippen LogP contribution in [0.1, 0.15) is 12.5 Å². The van der Waals surface area contributed by atoms with E-state index in [0.717, 1.165) is 11.3 Å². The van der Waals surface area contributed by atoms with Crippen molar-refractivity contribution >= 4 is 35.6 Å². The first-order chi connectivity index (χ1) is 15.1. The number of para-hydroxylation sites is 2. The van der Waals surface area contributed by atoms with E-state index in [1.54, 1.807) is 38.6 Å². The summed E-state index contributed by atoms with van der Waals surface area (Å²) in [6, 6.07) is 16.6. The number of aliphatic imine (C=N–C) groups is 1. The molecule has 0 radical (unpaired) electrons. The monoisotopic (exact) mass is 550 g/mol. The smallest absolute Gasteiger partial charge is 0.219 e. The highest BCUT2D eigenvalue weighted by Gasteiger charge is 2.07. The van der Waals surface area contributed by atoms with Crippen LogP contribution in [0.2, 0.25) is 0 Å². The van der Waals surface area contributed by atoms with Crippen molar-refractivity contribution in [3.05, 3.63) is 66.4 Å². The minimum absolute atomic E-state index is 0. The van der Waals surface area contributed by atoms with Crippen LogP contribution in [0.15, 0.2) is 65.8 Å². The quantitative estimate of drug-likeness (QED) is 0.224. The van der Waals surface area contributed by atoms with Gasteiger partial charge in [0.25, 0.3) is 0 Å². The Labute approximate surface area is 204 Å². The van der Waals surface area contributed by atoms with Crippen LogP contribution in [-0.2, 0) is 6.54 Å². The van der Waals surface area contributed by atoms with Crippen molar-refractivity contribution in [2.75, 3.05) is 26.1 Å². The molecule has 0 aliphatic heterocycles. The molecule has 0 saturated carbocycles. The van der Waals surface area contributed by atoms with Crippen LogP contribution < -0.4 is 30.0 Å². The van der Waals surface area contributed by atoms with Gasteiger partial charge in [-0.1, -0.05) is 18.2 Å². The van der Waals surface area contributed by atoms with Crippen molar-refractivity contribution in [3.8, 4) is 28.9 Å². The Hall–Kier alpha value is -3.21. The molecule has 2 aromatic carbocycles. The Morgan fingerprint density at radius 2 is 1.72 bits per heavy atom. The fourth-order valence-electron chi connectivity index (χ4n) is 2.76. The number of nitrogens with two attached hydrogens (primary N) is 1. The van der Waals surface area contributed by atoms with Gasteiger partial charge in [0.1, 0.15) is 0 Å². The summed E-state index contributed by atoms with van der Waals surface area (Å²) < 4.78 is 21.9. The van der Waals surface area contributed by atoms with Gasteiger partial charge in [-0.3, -0.25) is 0 Å². The van der Waals surface area contributed by atoms with Crippen LogP contribution in [0.3, 0.4) is 0 Å². The topological polar surface area (TPSA) is 100 Å². The maximum Gasteiger partial charge on any atom is 0.219 e. The molecule has 0 atom stereocenters. The zero-order valence-corrected chi connectivity index (χ0v) is 20.5. The summed E-state index contributed by atoms with van der Waals surface area (Å²) in [6.07, 6.45) is 1.70. The number of guanidine groups is 1. The van der Waals surface area contributed by atoms with Gasteiger partial charge in [0.2, 0.25) is 5.88 Å². The maximum absolute atomic E-state index is 6.00. The fourth-order valence-corrected chi connectivity index (χ4v) is 2.76. The molecule has 1 heterocycles. The van der Waals surface area contributed by atoms with Crippen LogP contribution in [0.25, 0.3) is 0 Å². The van der Waals surface area contributed by atoms with Crippen LogP contribution in [0.5, 0.6) is 28.9 Å². The molecule has 0 bridgehead atoms. The average Bonchev–Trinajstić information content (AvgIpc) is 2.80. The number of pyridine rings is 1. The number of anilines is 1. The molecule has 3 rings (SSSR count). The Morgan fingerprint density at radius 1 is 0.969 bits per heavy atom.